The number of carboxylic acids is 1. The van der Waals surface area contributed by atoms with Gasteiger partial charge in [0.05, 0.1) is 44.1 Å². The van der Waals surface area contributed by atoms with Crippen molar-refractivity contribution >= 4 is 29.3 Å². The maximum absolute atomic E-state index is 13.7. The number of aromatic nitrogens is 2. The van der Waals surface area contributed by atoms with Crippen LogP contribution >= 0.6 is 23.4 Å². The van der Waals surface area contributed by atoms with E-state index >= 15 is 0 Å². The molecule has 0 spiro atoms. The number of fused-ring (bicyclic) bond motifs is 2. The highest BCUT2D eigenvalue weighted by atomic mass is 35.5. The van der Waals surface area contributed by atoms with Gasteiger partial charge >= 0.3 is 5.97 Å². The number of hydrogen-bond donors (Lipinski definition) is 2. The lowest BCUT2D eigenvalue weighted by Crippen LogP contribution is -2.57. The minimum absolute atomic E-state index is 0.00896. The van der Waals surface area contributed by atoms with Crippen molar-refractivity contribution in [3.05, 3.63) is 27.4 Å². The summed E-state index contributed by atoms with van der Waals surface area (Å²) >= 11 is 8.54. The van der Waals surface area contributed by atoms with E-state index in [1.165, 1.54) is 0 Å². The van der Waals surface area contributed by atoms with Gasteiger partial charge in [-0.1, -0.05) is 0 Å². The number of nitrogens with zero attached hydrogens (tertiary/aromatic N) is 3. The second-order valence-electron chi connectivity index (χ2n) is 13.5. The van der Waals surface area contributed by atoms with Gasteiger partial charge in [0.2, 0.25) is 0 Å². The molecule has 5 aliphatic rings. The molecule has 234 valence electrons. The zero-order valence-electron chi connectivity index (χ0n) is 25.2. The van der Waals surface area contributed by atoms with E-state index in [4.69, 9.17) is 26.1 Å². The Morgan fingerprint density at radius 3 is 2.81 bits per heavy atom. The third-order valence-corrected chi connectivity index (χ3v) is 12.6. The van der Waals surface area contributed by atoms with Gasteiger partial charge in [0.15, 0.2) is 0 Å². The number of halogens is 1. The van der Waals surface area contributed by atoms with Crippen LogP contribution in [0.25, 0.3) is 0 Å². The van der Waals surface area contributed by atoms with Gasteiger partial charge in [0.1, 0.15) is 5.82 Å². The molecule has 0 aromatic carbocycles. The SMILES string of the molecule is Cc1nc2c(c(=O)n1CCOC1CCC(Cl)CC1C1CC(C)NC3C(C(=O)O)CSC13)CC(N(C)CC1COC1)CC2. The van der Waals surface area contributed by atoms with Crippen molar-refractivity contribution in [2.75, 3.05) is 39.2 Å². The molecule has 0 bridgehead atoms. The molecule has 2 N–H and O–H groups in total. The summed E-state index contributed by atoms with van der Waals surface area (Å²) in [6.45, 7) is 7.75. The molecule has 9 nitrogen and oxygen atoms in total. The van der Waals surface area contributed by atoms with Gasteiger partial charge in [-0.3, -0.25) is 14.2 Å². The maximum atomic E-state index is 13.7. The highest BCUT2D eigenvalue weighted by Crippen LogP contribution is 2.48. The molecule has 2 aliphatic carbocycles. The Balaban J connectivity index is 1.12. The van der Waals surface area contributed by atoms with E-state index in [-0.39, 0.29) is 46.2 Å². The first-order valence-electron chi connectivity index (χ1n) is 15.9. The second kappa shape index (κ2) is 13.1. The molecule has 4 heterocycles. The Hall–Kier alpha value is -1.17. The number of piperidine rings is 1. The fourth-order valence-corrected chi connectivity index (χ4v) is 10.5. The summed E-state index contributed by atoms with van der Waals surface area (Å²) in [5, 5.41) is 13.8. The van der Waals surface area contributed by atoms with Gasteiger partial charge in [0.25, 0.3) is 5.56 Å². The van der Waals surface area contributed by atoms with Gasteiger partial charge in [0, 0.05) is 52.5 Å². The topological polar surface area (TPSA) is 106 Å². The average Bonchev–Trinajstić information content (AvgIpc) is 3.36. The number of nitrogens with one attached hydrogen (secondary N) is 1. The molecule has 0 amide bonds. The molecule has 3 aliphatic heterocycles. The van der Waals surface area contributed by atoms with Crippen LogP contribution in [0.2, 0.25) is 0 Å². The van der Waals surface area contributed by atoms with Crippen LogP contribution in [0, 0.1) is 30.6 Å². The van der Waals surface area contributed by atoms with Crippen LogP contribution in [0.15, 0.2) is 4.79 Å². The first-order chi connectivity index (χ1) is 20.2. The molecule has 3 saturated heterocycles. The molecular weight excluding hydrogens is 576 g/mol. The van der Waals surface area contributed by atoms with Crippen molar-refractivity contribution in [2.24, 2.45) is 23.7 Å². The lowest BCUT2D eigenvalue weighted by atomic mass is 9.70. The van der Waals surface area contributed by atoms with Crippen LogP contribution in [0.3, 0.4) is 0 Å². The smallest absolute Gasteiger partial charge is 0.308 e. The summed E-state index contributed by atoms with van der Waals surface area (Å²) in [6.07, 6.45) is 6.41. The van der Waals surface area contributed by atoms with Gasteiger partial charge in [-0.05, 0) is 77.7 Å². The summed E-state index contributed by atoms with van der Waals surface area (Å²) in [4.78, 5) is 33.0. The van der Waals surface area contributed by atoms with Crippen molar-refractivity contribution in [1.82, 2.24) is 19.8 Å². The van der Waals surface area contributed by atoms with Crippen molar-refractivity contribution in [3.63, 3.8) is 0 Å². The standard InChI is InChI=1S/C31H47ClN4O5S/c1-17-10-23(29-28(33-17)25(16-42-29)31(38)39)22-11-20(32)4-7-27(22)41-9-8-36-18(2)34-26-6-5-21(12-24(26)30(36)37)35(3)13-19-14-40-15-19/h17,19-23,25,27-29,33H,4-16H2,1-3H3,(H,38,39). The lowest BCUT2D eigenvalue weighted by molar-refractivity contribution is -0.142. The van der Waals surface area contributed by atoms with Crippen LogP contribution in [0.4, 0.5) is 0 Å². The molecule has 1 saturated carbocycles. The van der Waals surface area contributed by atoms with E-state index in [1.54, 1.807) is 0 Å². The van der Waals surface area contributed by atoms with Gasteiger partial charge in [-0.25, -0.2) is 4.98 Å². The van der Waals surface area contributed by atoms with Crippen molar-refractivity contribution in [2.45, 2.75) is 100 Å². The monoisotopic (exact) mass is 622 g/mol. The van der Waals surface area contributed by atoms with Crippen LogP contribution in [0.1, 0.15) is 56.1 Å². The van der Waals surface area contributed by atoms with E-state index in [0.29, 0.717) is 36.8 Å². The Labute approximate surface area is 258 Å². The van der Waals surface area contributed by atoms with Crippen LogP contribution in [0.5, 0.6) is 0 Å². The predicted octanol–water partition coefficient (Wildman–Crippen LogP) is 2.96. The van der Waals surface area contributed by atoms with E-state index in [2.05, 4.69) is 24.2 Å². The minimum atomic E-state index is -0.701. The second-order valence-corrected chi connectivity index (χ2v) is 15.3. The number of aliphatic carboxylic acids is 1. The van der Waals surface area contributed by atoms with E-state index in [1.807, 2.05) is 23.3 Å². The summed E-state index contributed by atoms with van der Waals surface area (Å²) in [5.74, 6) is 1.62. The molecule has 9 unspecified atom stereocenters. The molecule has 11 heteroatoms. The minimum Gasteiger partial charge on any atom is -0.481 e. The highest BCUT2D eigenvalue weighted by molar-refractivity contribution is 8.00. The zero-order valence-corrected chi connectivity index (χ0v) is 26.7. The predicted molar refractivity (Wildman–Crippen MR) is 165 cm³/mol. The molecule has 9 atom stereocenters. The molecule has 42 heavy (non-hydrogen) atoms. The number of carboxylic acid groups (broad SMARTS) is 1. The van der Waals surface area contributed by atoms with E-state index < -0.39 is 5.97 Å². The largest absolute Gasteiger partial charge is 0.481 e. The van der Waals surface area contributed by atoms with Crippen LogP contribution < -0.4 is 10.9 Å². The Bertz CT molecular complexity index is 1200. The first-order valence-corrected chi connectivity index (χ1v) is 17.4. The summed E-state index contributed by atoms with van der Waals surface area (Å²) in [7, 11) is 2.17. The van der Waals surface area contributed by atoms with Crippen molar-refractivity contribution < 1.29 is 19.4 Å². The highest BCUT2D eigenvalue weighted by Gasteiger charge is 2.51. The molecule has 0 radical (unpaired) electrons. The van der Waals surface area contributed by atoms with E-state index in [0.717, 1.165) is 81.8 Å². The third kappa shape index (κ3) is 6.31. The zero-order chi connectivity index (χ0) is 29.5. The summed E-state index contributed by atoms with van der Waals surface area (Å²) < 4.78 is 13.8. The summed E-state index contributed by atoms with van der Waals surface area (Å²) in [6, 6.07) is 0.614. The number of alkyl halides is 1. The number of ether oxygens (including phenoxy) is 2. The first kappa shape index (κ1) is 30.8. The van der Waals surface area contributed by atoms with Gasteiger partial charge in [-0.2, -0.15) is 11.8 Å². The Kier molecular flexibility index (Phi) is 9.58. The normalized spacial score (nSPS) is 36.8. The number of thioether (sulfide) groups is 1. The molecule has 1 aromatic rings. The number of carbonyl (C=O) groups is 1. The van der Waals surface area contributed by atoms with Gasteiger partial charge in [-0.15, -0.1) is 11.6 Å². The lowest BCUT2D eigenvalue weighted by Gasteiger charge is -2.47. The fourth-order valence-electron chi connectivity index (χ4n) is 8.31. The van der Waals surface area contributed by atoms with Crippen LogP contribution in [-0.2, 0) is 33.7 Å². The number of hydrogen-bond acceptors (Lipinski definition) is 8. The molecule has 6 rings (SSSR count). The average molecular weight is 623 g/mol. The molecule has 1 aromatic heterocycles. The third-order valence-electron chi connectivity index (χ3n) is 10.6. The quantitative estimate of drug-likeness (QED) is 0.402. The summed E-state index contributed by atoms with van der Waals surface area (Å²) in [5.41, 5.74) is 1.93. The number of likely N-dealkylation sites (N-methyl/N-ethyl adjacent to an activating group) is 1. The number of aryl methyl sites for hydroxylation is 2. The number of rotatable bonds is 9. The molecular formula is C31H47ClN4O5S. The van der Waals surface area contributed by atoms with E-state index in [9.17, 15) is 14.7 Å². The fraction of sp³-hybridized carbons (Fsp3) is 0.839. The van der Waals surface area contributed by atoms with Crippen LogP contribution in [-0.4, -0.2) is 99.5 Å². The molecule has 4 fully saturated rings. The Morgan fingerprint density at radius 1 is 1.26 bits per heavy atom. The van der Waals surface area contributed by atoms with Gasteiger partial charge < -0.3 is 24.8 Å². The maximum Gasteiger partial charge on any atom is 0.308 e. The van der Waals surface area contributed by atoms with Crippen molar-refractivity contribution in [1.29, 1.82) is 0 Å². The Morgan fingerprint density at radius 2 is 2.07 bits per heavy atom. The van der Waals surface area contributed by atoms with Crippen molar-refractivity contribution in [3.8, 4) is 0 Å².